The molecule has 0 radical (unpaired) electrons. The van der Waals surface area contributed by atoms with Crippen LogP contribution in [0.1, 0.15) is 48.3 Å². The van der Waals surface area contributed by atoms with Gasteiger partial charge in [0.05, 0.1) is 4.88 Å². The minimum Gasteiger partial charge on any atom is -0.481 e. The molecule has 5 nitrogen and oxygen atoms in total. The molecule has 1 aromatic carbocycles. The van der Waals surface area contributed by atoms with E-state index in [1.54, 1.807) is 6.92 Å². The van der Waals surface area contributed by atoms with Crippen molar-refractivity contribution in [3.05, 3.63) is 52.2 Å². The van der Waals surface area contributed by atoms with Crippen LogP contribution in [0.4, 0.5) is 0 Å². The molecule has 1 aliphatic heterocycles. The summed E-state index contributed by atoms with van der Waals surface area (Å²) in [6.07, 6.45) is 0.220. The summed E-state index contributed by atoms with van der Waals surface area (Å²) in [5, 5.41) is 1.91. The molecular weight excluding hydrogens is 372 g/mol. The fourth-order valence-corrected chi connectivity index (χ4v) is 4.15. The van der Waals surface area contributed by atoms with E-state index in [-0.39, 0.29) is 11.8 Å². The molecule has 0 N–H and O–H groups in total. The summed E-state index contributed by atoms with van der Waals surface area (Å²) < 4.78 is 6.03. The molecule has 2 amide bonds. The summed E-state index contributed by atoms with van der Waals surface area (Å²) >= 11 is 1.46. The average molecular weight is 401 g/mol. The maximum absolute atomic E-state index is 12.9. The number of hydrogen-bond acceptors (Lipinski definition) is 4. The molecule has 150 valence electrons. The lowest BCUT2D eigenvalue weighted by atomic mass is 10.0. The second-order valence-corrected chi connectivity index (χ2v) is 8.35. The molecule has 2 aromatic rings. The molecule has 6 heteroatoms. The molecule has 0 spiro atoms. The lowest BCUT2D eigenvalue weighted by Crippen LogP contribution is -2.43. The van der Waals surface area contributed by atoms with Crippen LogP contribution < -0.4 is 4.74 Å². The van der Waals surface area contributed by atoms with E-state index in [2.05, 4.69) is 13.8 Å². The van der Waals surface area contributed by atoms with Gasteiger partial charge in [-0.2, -0.15) is 0 Å². The zero-order valence-electron chi connectivity index (χ0n) is 16.8. The lowest BCUT2D eigenvalue weighted by molar-refractivity contribution is -0.137. The Hall–Kier alpha value is -2.34. The topological polar surface area (TPSA) is 49.9 Å². The second kappa shape index (κ2) is 9.24. The number of benzene rings is 1. The number of hydrogen-bond donors (Lipinski definition) is 0. The van der Waals surface area contributed by atoms with Crippen LogP contribution >= 0.6 is 11.3 Å². The summed E-state index contributed by atoms with van der Waals surface area (Å²) in [6.45, 7) is 8.44. The third-order valence-corrected chi connectivity index (χ3v) is 5.88. The standard InChI is InChI=1S/C22H28N2O3S/c1-16(2)18-8-4-5-9-19(18)27-17(3)21(25)23-11-7-12-24(14-13-23)22(26)20-10-6-15-28-20/h4-6,8-10,15-17H,7,11-14H2,1-3H3. The predicted octanol–water partition coefficient (Wildman–Crippen LogP) is 4.01. The van der Waals surface area contributed by atoms with Crippen LogP contribution in [0.5, 0.6) is 5.75 Å². The molecule has 0 aliphatic carbocycles. The molecule has 1 unspecified atom stereocenters. The highest BCUT2D eigenvalue weighted by Crippen LogP contribution is 2.27. The molecule has 2 heterocycles. The smallest absolute Gasteiger partial charge is 0.263 e. The Labute approximate surface area is 170 Å². The first kappa shape index (κ1) is 20.4. The first-order chi connectivity index (χ1) is 13.5. The molecule has 1 fully saturated rings. The van der Waals surface area contributed by atoms with Gasteiger partial charge in [0.15, 0.2) is 6.10 Å². The molecule has 1 aliphatic rings. The maximum Gasteiger partial charge on any atom is 0.263 e. The van der Waals surface area contributed by atoms with Gasteiger partial charge in [-0.1, -0.05) is 38.1 Å². The van der Waals surface area contributed by atoms with Gasteiger partial charge in [0.25, 0.3) is 11.8 Å². The van der Waals surface area contributed by atoms with Crippen LogP contribution in [-0.2, 0) is 4.79 Å². The van der Waals surface area contributed by atoms with E-state index in [1.807, 2.05) is 51.6 Å². The van der Waals surface area contributed by atoms with E-state index >= 15 is 0 Å². The van der Waals surface area contributed by atoms with Crippen LogP contribution in [0, 0.1) is 0 Å². The highest BCUT2D eigenvalue weighted by molar-refractivity contribution is 7.12. The minimum atomic E-state index is -0.556. The number of carbonyl (C=O) groups is 2. The molecule has 0 bridgehead atoms. The highest BCUT2D eigenvalue weighted by Gasteiger charge is 2.27. The monoisotopic (exact) mass is 400 g/mol. The Bertz CT molecular complexity index is 804. The van der Waals surface area contributed by atoms with Gasteiger partial charge in [0.2, 0.25) is 0 Å². The molecule has 28 heavy (non-hydrogen) atoms. The second-order valence-electron chi connectivity index (χ2n) is 7.40. The van der Waals surface area contributed by atoms with Crippen molar-refractivity contribution in [3.8, 4) is 5.75 Å². The SMILES string of the molecule is CC(Oc1ccccc1C(C)C)C(=O)N1CCCN(C(=O)c2cccs2)CC1. The van der Waals surface area contributed by atoms with Crippen LogP contribution in [0.15, 0.2) is 41.8 Å². The molecule has 1 saturated heterocycles. The fourth-order valence-electron chi connectivity index (χ4n) is 3.46. The number of carbonyl (C=O) groups excluding carboxylic acids is 2. The lowest BCUT2D eigenvalue weighted by Gasteiger charge is -2.26. The van der Waals surface area contributed by atoms with Crippen LogP contribution in [0.25, 0.3) is 0 Å². The number of rotatable bonds is 5. The third-order valence-electron chi connectivity index (χ3n) is 5.02. The molecule has 0 saturated carbocycles. The van der Waals surface area contributed by atoms with E-state index in [0.29, 0.717) is 32.1 Å². The Morgan fingerprint density at radius 1 is 0.964 bits per heavy atom. The summed E-state index contributed by atoms with van der Waals surface area (Å²) in [5.74, 6) is 1.12. The zero-order chi connectivity index (χ0) is 20.1. The third kappa shape index (κ3) is 4.73. The quantitative estimate of drug-likeness (QED) is 0.762. The maximum atomic E-state index is 12.9. The first-order valence-electron chi connectivity index (χ1n) is 9.84. The van der Waals surface area contributed by atoms with Crippen molar-refractivity contribution < 1.29 is 14.3 Å². The van der Waals surface area contributed by atoms with Gasteiger partial charge in [-0.3, -0.25) is 9.59 Å². The molecular formula is C22H28N2O3S. The normalized spacial score (nSPS) is 16.0. The van der Waals surface area contributed by atoms with Gasteiger partial charge >= 0.3 is 0 Å². The fraction of sp³-hybridized carbons (Fsp3) is 0.455. The predicted molar refractivity (Wildman–Crippen MR) is 112 cm³/mol. The van der Waals surface area contributed by atoms with Crippen LogP contribution in [-0.4, -0.2) is 53.9 Å². The summed E-state index contributed by atoms with van der Waals surface area (Å²) in [7, 11) is 0. The zero-order valence-corrected chi connectivity index (χ0v) is 17.6. The van der Waals surface area contributed by atoms with E-state index < -0.39 is 6.10 Å². The number of nitrogens with zero attached hydrogens (tertiary/aromatic N) is 2. The Balaban J connectivity index is 1.61. The van der Waals surface area contributed by atoms with E-state index in [0.717, 1.165) is 22.6 Å². The van der Waals surface area contributed by atoms with Crippen molar-refractivity contribution >= 4 is 23.2 Å². The Morgan fingerprint density at radius 3 is 2.39 bits per heavy atom. The molecule has 1 atom stereocenters. The summed E-state index contributed by atoms with van der Waals surface area (Å²) in [4.78, 5) is 29.9. The number of para-hydroxylation sites is 1. The van der Waals surface area contributed by atoms with Gasteiger partial charge in [0, 0.05) is 26.2 Å². The van der Waals surface area contributed by atoms with Gasteiger partial charge in [0.1, 0.15) is 5.75 Å². The van der Waals surface area contributed by atoms with Crippen molar-refractivity contribution in [1.29, 1.82) is 0 Å². The largest absolute Gasteiger partial charge is 0.481 e. The number of ether oxygens (including phenoxy) is 1. The Morgan fingerprint density at radius 2 is 1.68 bits per heavy atom. The Kier molecular flexibility index (Phi) is 6.73. The van der Waals surface area contributed by atoms with Crippen LogP contribution in [0.2, 0.25) is 0 Å². The van der Waals surface area contributed by atoms with Crippen molar-refractivity contribution in [3.63, 3.8) is 0 Å². The average Bonchev–Trinajstić information content (AvgIpc) is 3.11. The number of thiophene rings is 1. The van der Waals surface area contributed by atoms with Gasteiger partial charge in [-0.05, 0) is 42.3 Å². The van der Waals surface area contributed by atoms with Crippen molar-refractivity contribution in [2.24, 2.45) is 0 Å². The van der Waals surface area contributed by atoms with E-state index in [9.17, 15) is 9.59 Å². The molecule has 3 rings (SSSR count). The van der Waals surface area contributed by atoms with E-state index in [4.69, 9.17) is 4.74 Å². The summed E-state index contributed by atoms with van der Waals surface area (Å²) in [5.41, 5.74) is 1.10. The summed E-state index contributed by atoms with van der Waals surface area (Å²) in [6, 6.07) is 11.6. The van der Waals surface area contributed by atoms with Gasteiger partial charge in [-0.25, -0.2) is 0 Å². The molecule has 1 aromatic heterocycles. The number of amides is 2. The highest BCUT2D eigenvalue weighted by atomic mass is 32.1. The van der Waals surface area contributed by atoms with Crippen molar-refractivity contribution in [2.45, 2.75) is 39.2 Å². The van der Waals surface area contributed by atoms with Crippen molar-refractivity contribution in [2.75, 3.05) is 26.2 Å². The van der Waals surface area contributed by atoms with E-state index in [1.165, 1.54) is 11.3 Å². The first-order valence-corrected chi connectivity index (χ1v) is 10.7. The van der Waals surface area contributed by atoms with Gasteiger partial charge < -0.3 is 14.5 Å². The van der Waals surface area contributed by atoms with Crippen molar-refractivity contribution in [1.82, 2.24) is 9.80 Å². The van der Waals surface area contributed by atoms with Crippen LogP contribution in [0.3, 0.4) is 0 Å². The van der Waals surface area contributed by atoms with Gasteiger partial charge in [-0.15, -0.1) is 11.3 Å². The minimum absolute atomic E-state index is 0.0241.